The van der Waals surface area contributed by atoms with Gasteiger partial charge in [0.25, 0.3) is 5.91 Å². The van der Waals surface area contributed by atoms with E-state index in [1.165, 1.54) is 0 Å². The molecule has 20 heavy (non-hydrogen) atoms. The van der Waals surface area contributed by atoms with Crippen molar-refractivity contribution in [3.63, 3.8) is 0 Å². The van der Waals surface area contributed by atoms with Crippen LogP contribution in [0, 0.1) is 0 Å². The lowest BCUT2D eigenvalue weighted by Gasteiger charge is -2.43. The van der Waals surface area contributed by atoms with Crippen LogP contribution in [0.2, 0.25) is 0 Å². The second-order valence-electron chi connectivity index (χ2n) is 5.30. The number of piperazine rings is 1. The lowest BCUT2D eigenvalue weighted by Crippen LogP contribution is -2.62. The summed E-state index contributed by atoms with van der Waals surface area (Å²) >= 11 is 6.87. The first-order valence-electron chi connectivity index (χ1n) is 6.83. The first-order valence-corrected chi connectivity index (χ1v) is 8.42. The molecule has 0 aromatic heterocycles. The number of nitrogens with one attached hydrogen (secondary N) is 1. The average molecular weight is 403 g/mol. The highest BCUT2D eigenvalue weighted by atomic mass is 79.9. The van der Waals surface area contributed by atoms with Gasteiger partial charge in [0.1, 0.15) is 0 Å². The number of benzene rings is 1. The van der Waals surface area contributed by atoms with Crippen molar-refractivity contribution >= 4 is 37.8 Å². The predicted octanol–water partition coefficient (Wildman–Crippen LogP) is 1.94. The standard InChI is InChI=1S/C14H17Br2N3O/c15-11-5-10(6-12(16)7-11)14(20)19-3-1-18(2-4-19)13-8-17-9-13/h5-7,13,17H,1-4,8-9H2. The monoisotopic (exact) mass is 401 g/mol. The summed E-state index contributed by atoms with van der Waals surface area (Å²) in [6.45, 7) is 5.78. The zero-order valence-corrected chi connectivity index (χ0v) is 14.3. The van der Waals surface area contributed by atoms with Crippen molar-refractivity contribution in [3.05, 3.63) is 32.7 Å². The molecule has 0 spiro atoms. The molecule has 2 fully saturated rings. The molecule has 1 amide bonds. The van der Waals surface area contributed by atoms with Crippen LogP contribution in [0.5, 0.6) is 0 Å². The number of carbonyl (C=O) groups is 1. The summed E-state index contributed by atoms with van der Waals surface area (Å²) in [4.78, 5) is 17.0. The highest BCUT2D eigenvalue weighted by molar-refractivity contribution is 9.11. The first-order chi connectivity index (χ1) is 9.63. The zero-order chi connectivity index (χ0) is 14.1. The van der Waals surface area contributed by atoms with E-state index in [4.69, 9.17) is 0 Å². The number of nitrogens with zero attached hydrogens (tertiary/aromatic N) is 2. The largest absolute Gasteiger partial charge is 0.336 e. The van der Waals surface area contributed by atoms with Crippen LogP contribution in [0.4, 0.5) is 0 Å². The molecule has 4 nitrogen and oxygen atoms in total. The smallest absolute Gasteiger partial charge is 0.254 e. The molecule has 1 aromatic carbocycles. The van der Waals surface area contributed by atoms with Gasteiger partial charge in [-0.2, -0.15) is 0 Å². The van der Waals surface area contributed by atoms with Crippen molar-refractivity contribution in [1.82, 2.24) is 15.1 Å². The van der Waals surface area contributed by atoms with E-state index in [9.17, 15) is 4.79 Å². The summed E-state index contributed by atoms with van der Waals surface area (Å²) in [5.74, 6) is 0.124. The molecule has 3 rings (SSSR count). The van der Waals surface area contributed by atoms with Crippen molar-refractivity contribution in [2.24, 2.45) is 0 Å². The summed E-state index contributed by atoms with van der Waals surface area (Å²) in [6, 6.07) is 6.38. The maximum absolute atomic E-state index is 12.5. The number of amides is 1. The third kappa shape index (κ3) is 3.08. The van der Waals surface area contributed by atoms with E-state index >= 15 is 0 Å². The topological polar surface area (TPSA) is 35.6 Å². The number of hydrogen-bond donors (Lipinski definition) is 1. The molecule has 0 aliphatic carbocycles. The molecular weight excluding hydrogens is 386 g/mol. The fraction of sp³-hybridized carbons (Fsp3) is 0.500. The number of rotatable bonds is 2. The van der Waals surface area contributed by atoms with Crippen LogP contribution in [0.15, 0.2) is 27.1 Å². The predicted molar refractivity (Wildman–Crippen MR) is 86.0 cm³/mol. The molecule has 2 heterocycles. The summed E-state index contributed by atoms with van der Waals surface area (Å²) < 4.78 is 1.85. The van der Waals surface area contributed by atoms with Gasteiger partial charge in [0, 0.05) is 59.8 Å². The molecule has 6 heteroatoms. The van der Waals surface area contributed by atoms with E-state index in [1.54, 1.807) is 0 Å². The Morgan fingerprint density at radius 2 is 1.65 bits per heavy atom. The Morgan fingerprint density at radius 1 is 1.05 bits per heavy atom. The van der Waals surface area contributed by atoms with Gasteiger partial charge in [-0.15, -0.1) is 0 Å². The van der Waals surface area contributed by atoms with Gasteiger partial charge in [-0.05, 0) is 18.2 Å². The molecular formula is C14H17Br2N3O. The first kappa shape index (κ1) is 14.5. The Labute approximate surface area is 135 Å². The van der Waals surface area contributed by atoms with Gasteiger partial charge in [0.2, 0.25) is 0 Å². The van der Waals surface area contributed by atoms with Gasteiger partial charge in [0.15, 0.2) is 0 Å². The lowest BCUT2D eigenvalue weighted by molar-refractivity contribution is 0.0502. The van der Waals surface area contributed by atoms with Crippen molar-refractivity contribution < 1.29 is 4.79 Å². The SMILES string of the molecule is O=C(c1cc(Br)cc(Br)c1)N1CCN(C2CNC2)CC1. The number of halogens is 2. The summed E-state index contributed by atoms with van der Waals surface area (Å²) in [5, 5.41) is 3.30. The Kier molecular flexibility index (Phi) is 4.45. The Morgan fingerprint density at radius 3 is 2.15 bits per heavy atom. The van der Waals surface area contributed by atoms with Crippen LogP contribution < -0.4 is 5.32 Å². The Balaban J connectivity index is 1.63. The van der Waals surface area contributed by atoms with Crippen LogP contribution >= 0.6 is 31.9 Å². The second-order valence-corrected chi connectivity index (χ2v) is 7.13. The number of carbonyl (C=O) groups excluding carboxylic acids is 1. The highest BCUT2D eigenvalue weighted by Gasteiger charge is 2.29. The van der Waals surface area contributed by atoms with Gasteiger partial charge in [0.05, 0.1) is 0 Å². The van der Waals surface area contributed by atoms with Crippen LogP contribution in [-0.2, 0) is 0 Å². The highest BCUT2D eigenvalue weighted by Crippen LogP contribution is 2.22. The molecule has 2 aliphatic heterocycles. The van der Waals surface area contributed by atoms with Crippen molar-refractivity contribution in [2.75, 3.05) is 39.3 Å². The fourth-order valence-electron chi connectivity index (χ4n) is 2.68. The van der Waals surface area contributed by atoms with E-state index < -0.39 is 0 Å². The second kappa shape index (κ2) is 6.13. The minimum Gasteiger partial charge on any atom is -0.336 e. The maximum atomic E-state index is 12.5. The van der Waals surface area contributed by atoms with Crippen molar-refractivity contribution in [1.29, 1.82) is 0 Å². The molecule has 0 saturated carbocycles. The van der Waals surface area contributed by atoms with Gasteiger partial charge in [-0.1, -0.05) is 31.9 Å². The third-order valence-electron chi connectivity index (χ3n) is 3.99. The van der Waals surface area contributed by atoms with Crippen molar-refractivity contribution in [3.8, 4) is 0 Å². The summed E-state index contributed by atoms with van der Waals surface area (Å²) in [7, 11) is 0. The molecule has 0 radical (unpaired) electrons. The number of hydrogen-bond acceptors (Lipinski definition) is 3. The normalized spacial score (nSPS) is 20.8. The van der Waals surface area contributed by atoms with E-state index in [2.05, 4.69) is 42.1 Å². The van der Waals surface area contributed by atoms with Crippen LogP contribution in [0.1, 0.15) is 10.4 Å². The summed E-state index contributed by atoms with van der Waals surface area (Å²) in [6.07, 6.45) is 0. The minimum atomic E-state index is 0.124. The summed E-state index contributed by atoms with van der Waals surface area (Å²) in [5.41, 5.74) is 0.741. The van der Waals surface area contributed by atoms with E-state index in [0.717, 1.165) is 53.8 Å². The fourth-order valence-corrected chi connectivity index (χ4v) is 3.98. The molecule has 2 aliphatic rings. The van der Waals surface area contributed by atoms with Gasteiger partial charge in [-0.3, -0.25) is 9.69 Å². The molecule has 2 saturated heterocycles. The zero-order valence-electron chi connectivity index (χ0n) is 11.1. The van der Waals surface area contributed by atoms with Crippen LogP contribution in [0.25, 0.3) is 0 Å². The third-order valence-corrected chi connectivity index (χ3v) is 4.90. The molecule has 108 valence electrons. The molecule has 0 bridgehead atoms. The van der Waals surface area contributed by atoms with Crippen molar-refractivity contribution in [2.45, 2.75) is 6.04 Å². The van der Waals surface area contributed by atoms with E-state index in [-0.39, 0.29) is 5.91 Å². The molecule has 0 atom stereocenters. The average Bonchev–Trinajstić information content (AvgIpc) is 2.35. The molecule has 1 aromatic rings. The minimum absolute atomic E-state index is 0.124. The van der Waals surface area contributed by atoms with E-state index in [1.807, 2.05) is 23.1 Å². The lowest BCUT2D eigenvalue weighted by atomic mass is 10.1. The van der Waals surface area contributed by atoms with Crippen LogP contribution in [-0.4, -0.2) is 61.0 Å². The van der Waals surface area contributed by atoms with Gasteiger partial charge < -0.3 is 10.2 Å². The Bertz CT molecular complexity index is 491. The Hall–Kier alpha value is -0.430. The molecule has 1 N–H and O–H groups in total. The van der Waals surface area contributed by atoms with E-state index in [0.29, 0.717) is 6.04 Å². The quantitative estimate of drug-likeness (QED) is 0.821. The van der Waals surface area contributed by atoms with Gasteiger partial charge >= 0.3 is 0 Å². The molecule has 0 unspecified atom stereocenters. The van der Waals surface area contributed by atoms with Gasteiger partial charge in [-0.25, -0.2) is 0 Å². The van der Waals surface area contributed by atoms with Crippen LogP contribution in [0.3, 0.4) is 0 Å². The maximum Gasteiger partial charge on any atom is 0.254 e.